The minimum atomic E-state index is -1.60. The molecular formula is C9H6N2O2. The van der Waals surface area contributed by atoms with Crippen LogP contribution in [-0.2, 0) is 10.5 Å². The third-order valence-electron chi connectivity index (χ3n) is 1.97. The standard InChI is InChI=1S/C9H6N2O2/c10-5-9(11)7-4-2-1-3-6(7)8(12)13-9/h1-4H,11H2. The van der Waals surface area contributed by atoms with Gasteiger partial charge in [0.05, 0.1) is 5.56 Å². The number of fused-ring (bicyclic) bond motifs is 1. The number of nitrogens with two attached hydrogens (primary N) is 1. The molecule has 1 aliphatic rings. The Morgan fingerprint density at radius 3 is 2.85 bits per heavy atom. The molecule has 0 radical (unpaired) electrons. The molecule has 2 N–H and O–H groups in total. The number of esters is 1. The molecule has 1 aliphatic heterocycles. The van der Waals surface area contributed by atoms with E-state index in [9.17, 15) is 4.79 Å². The van der Waals surface area contributed by atoms with Crippen LogP contribution >= 0.6 is 0 Å². The van der Waals surface area contributed by atoms with Gasteiger partial charge in [-0.3, -0.25) is 5.73 Å². The molecule has 64 valence electrons. The van der Waals surface area contributed by atoms with Crippen molar-refractivity contribution in [1.82, 2.24) is 0 Å². The summed E-state index contributed by atoms with van der Waals surface area (Å²) in [6.07, 6.45) is 0. The summed E-state index contributed by atoms with van der Waals surface area (Å²) < 4.78 is 4.75. The maximum absolute atomic E-state index is 11.2. The number of hydrogen-bond donors (Lipinski definition) is 1. The first-order valence-corrected chi connectivity index (χ1v) is 3.70. The van der Waals surface area contributed by atoms with E-state index in [1.165, 1.54) is 0 Å². The molecule has 0 spiro atoms. The van der Waals surface area contributed by atoms with E-state index in [0.29, 0.717) is 11.1 Å². The maximum Gasteiger partial charge on any atom is 0.341 e. The van der Waals surface area contributed by atoms with Crippen molar-refractivity contribution in [3.8, 4) is 6.07 Å². The molecular weight excluding hydrogens is 168 g/mol. The molecule has 0 aromatic heterocycles. The number of nitriles is 1. The van der Waals surface area contributed by atoms with Crippen molar-refractivity contribution in [2.75, 3.05) is 0 Å². The van der Waals surface area contributed by atoms with Crippen molar-refractivity contribution in [2.24, 2.45) is 5.73 Å². The Balaban J connectivity index is 2.68. The number of carbonyl (C=O) groups is 1. The fraction of sp³-hybridized carbons (Fsp3) is 0.111. The summed E-state index contributed by atoms with van der Waals surface area (Å²) in [6.45, 7) is 0. The molecule has 0 bridgehead atoms. The van der Waals surface area contributed by atoms with Gasteiger partial charge in [0.25, 0.3) is 5.72 Å². The average molecular weight is 174 g/mol. The number of cyclic esters (lactones) is 1. The predicted molar refractivity (Wildman–Crippen MR) is 43.3 cm³/mol. The van der Waals surface area contributed by atoms with Crippen molar-refractivity contribution in [2.45, 2.75) is 5.72 Å². The van der Waals surface area contributed by atoms with Crippen LogP contribution in [0, 0.1) is 11.3 Å². The topological polar surface area (TPSA) is 76.1 Å². The van der Waals surface area contributed by atoms with E-state index >= 15 is 0 Å². The van der Waals surface area contributed by atoms with Gasteiger partial charge in [0.1, 0.15) is 6.07 Å². The summed E-state index contributed by atoms with van der Waals surface area (Å²) in [5.74, 6) is -0.542. The second-order valence-corrected chi connectivity index (χ2v) is 2.78. The van der Waals surface area contributed by atoms with E-state index in [4.69, 9.17) is 15.7 Å². The van der Waals surface area contributed by atoms with Crippen LogP contribution in [-0.4, -0.2) is 5.97 Å². The average Bonchev–Trinajstić information content (AvgIpc) is 2.42. The molecule has 1 aromatic carbocycles. The molecule has 1 atom stereocenters. The zero-order chi connectivity index (χ0) is 9.47. The summed E-state index contributed by atoms with van der Waals surface area (Å²) in [5.41, 5.74) is 4.75. The van der Waals surface area contributed by atoms with E-state index in [0.717, 1.165) is 0 Å². The lowest BCUT2D eigenvalue weighted by atomic mass is 10.0. The van der Waals surface area contributed by atoms with Gasteiger partial charge in [-0.25, -0.2) is 4.79 Å². The highest BCUT2D eigenvalue weighted by Crippen LogP contribution is 2.31. The number of hydrogen-bond acceptors (Lipinski definition) is 4. The van der Waals surface area contributed by atoms with E-state index in [2.05, 4.69) is 0 Å². The number of carbonyl (C=O) groups excluding carboxylic acids is 1. The summed E-state index contributed by atoms with van der Waals surface area (Å²) in [5, 5.41) is 8.74. The van der Waals surface area contributed by atoms with E-state index in [1.54, 1.807) is 30.3 Å². The minimum absolute atomic E-state index is 0.367. The lowest BCUT2D eigenvalue weighted by molar-refractivity contribution is 0.0192. The van der Waals surface area contributed by atoms with Crippen molar-refractivity contribution in [1.29, 1.82) is 5.26 Å². The van der Waals surface area contributed by atoms with Gasteiger partial charge in [-0.15, -0.1) is 0 Å². The van der Waals surface area contributed by atoms with Gasteiger partial charge in [0.15, 0.2) is 0 Å². The van der Waals surface area contributed by atoms with Crippen molar-refractivity contribution >= 4 is 5.97 Å². The highest BCUT2D eigenvalue weighted by atomic mass is 16.6. The SMILES string of the molecule is N#CC1(N)OC(=O)c2ccccc21. The second kappa shape index (κ2) is 2.31. The van der Waals surface area contributed by atoms with Gasteiger partial charge in [-0.05, 0) is 6.07 Å². The molecule has 0 amide bonds. The normalized spacial score (nSPS) is 24.8. The first kappa shape index (κ1) is 7.77. The second-order valence-electron chi connectivity index (χ2n) is 2.78. The van der Waals surface area contributed by atoms with E-state index in [1.807, 2.05) is 0 Å². The van der Waals surface area contributed by atoms with Gasteiger partial charge in [-0.1, -0.05) is 18.2 Å². The van der Waals surface area contributed by atoms with Crippen molar-refractivity contribution < 1.29 is 9.53 Å². The predicted octanol–water partition coefficient (Wildman–Crippen LogP) is 0.492. The molecule has 4 nitrogen and oxygen atoms in total. The fourth-order valence-electron chi connectivity index (χ4n) is 1.32. The summed E-state index contributed by atoms with van der Waals surface area (Å²) in [7, 11) is 0. The molecule has 1 aromatic rings. The monoisotopic (exact) mass is 174 g/mol. The molecule has 0 saturated carbocycles. The lowest BCUT2D eigenvalue weighted by Crippen LogP contribution is -2.34. The highest BCUT2D eigenvalue weighted by molar-refractivity contribution is 5.95. The van der Waals surface area contributed by atoms with Crippen LogP contribution in [0.4, 0.5) is 0 Å². The summed E-state index contributed by atoms with van der Waals surface area (Å²) >= 11 is 0. The quantitative estimate of drug-likeness (QED) is 0.581. The Morgan fingerprint density at radius 2 is 2.15 bits per heavy atom. The van der Waals surface area contributed by atoms with Crippen LogP contribution < -0.4 is 5.73 Å². The molecule has 0 aliphatic carbocycles. The van der Waals surface area contributed by atoms with Crippen LogP contribution in [0.2, 0.25) is 0 Å². The van der Waals surface area contributed by atoms with E-state index < -0.39 is 11.7 Å². The zero-order valence-electron chi connectivity index (χ0n) is 6.65. The van der Waals surface area contributed by atoms with Crippen LogP contribution in [0.3, 0.4) is 0 Å². The lowest BCUT2D eigenvalue weighted by Gasteiger charge is -2.12. The molecule has 1 unspecified atom stereocenters. The van der Waals surface area contributed by atoms with E-state index in [-0.39, 0.29) is 0 Å². The van der Waals surface area contributed by atoms with Crippen LogP contribution in [0.25, 0.3) is 0 Å². The fourth-order valence-corrected chi connectivity index (χ4v) is 1.32. The molecule has 4 heteroatoms. The molecule has 0 saturated heterocycles. The zero-order valence-corrected chi connectivity index (χ0v) is 6.65. The maximum atomic E-state index is 11.2. The largest absolute Gasteiger partial charge is 0.422 e. The van der Waals surface area contributed by atoms with Crippen LogP contribution in [0.1, 0.15) is 15.9 Å². The molecule has 0 fully saturated rings. The Kier molecular flexibility index (Phi) is 1.38. The van der Waals surface area contributed by atoms with Crippen molar-refractivity contribution in [3.63, 3.8) is 0 Å². The summed E-state index contributed by atoms with van der Waals surface area (Å²) in [4.78, 5) is 11.2. The third kappa shape index (κ3) is 0.912. The van der Waals surface area contributed by atoms with Gasteiger partial charge in [0.2, 0.25) is 0 Å². The van der Waals surface area contributed by atoms with Gasteiger partial charge in [0, 0.05) is 5.56 Å². The molecule has 13 heavy (non-hydrogen) atoms. The van der Waals surface area contributed by atoms with Gasteiger partial charge in [-0.2, -0.15) is 5.26 Å². The summed E-state index contributed by atoms with van der Waals surface area (Å²) in [6, 6.07) is 8.37. The first-order chi connectivity index (χ1) is 6.17. The number of rotatable bonds is 0. The smallest absolute Gasteiger partial charge is 0.341 e. The van der Waals surface area contributed by atoms with Crippen LogP contribution in [0.15, 0.2) is 24.3 Å². The van der Waals surface area contributed by atoms with Gasteiger partial charge < -0.3 is 4.74 Å². The Bertz CT molecular complexity index is 422. The number of benzene rings is 1. The van der Waals surface area contributed by atoms with Gasteiger partial charge >= 0.3 is 5.97 Å². The number of ether oxygens (including phenoxy) is 1. The highest BCUT2D eigenvalue weighted by Gasteiger charge is 2.42. The van der Waals surface area contributed by atoms with Crippen molar-refractivity contribution in [3.05, 3.63) is 35.4 Å². The minimum Gasteiger partial charge on any atom is -0.422 e. The Hall–Kier alpha value is -1.86. The third-order valence-corrected chi connectivity index (χ3v) is 1.97. The van der Waals surface area contributed by atoms with Crippen LogP contribution in [0.5, 0.6) is 0 Å². The first-order valence-electron chi connectivity index (χ1n) is 3.70. The Labute approximate surface area is 74.5 Å². The molecule has 1 heterocycles. The number of nitrogens with zero attached hydrogens (tertiary/aromatic N) is 1. The molecule has 2 rings (SSSR count). The Morgan fingerprint density at radius 1 is 1.46 bits per heavy atom.